The zero-order valence-electron chi connectivity index (χ0n) is 12.3. The summed E-state index contributed by atoms with van der Waals surface area (Å²) in [6, 6.07) is 3.92. The summed E-state index contributed by atoms with van der Waals surface area (Å²) in [5, 5.41) is 2.93. The maximum Gasteiger partial charge on any atom is 0.419 e. The zero-order chi connectivity index (χ0) is 16.3. The summed E-state index contributed by atoms with van der Waals surface area (Å²) in [7, 11) is 0. The summed E-state index contributed by atoms with van der Waals surface area (Å²) in [5.74, 6) is 0.469. The summed E-state index contributed by atoms with van der Waals surface area (Å²) in [5.41, 5.74) is -0.743. The molecule has 0 aliphatic carbocycles. The molecule has 3 heterocycles. The molecule has 8 heteroatoms. The molecular formula is C15H16F3N5. The Balaban J connectivity index is 1.74. The Labute approximate surface area is 131 Å². The van der Waals surface area contributed by atoms with Crippen LogP contribution < -0.4 is 10.2 Å². The molecule has 0 spiro atoms. The number of aromatic nitrogens is 3. The fourth-order valence-electron chi connectivity index (χ4n) is 2.67. The van der Waals surface area contributed by atoms with Crippen LogP contribution in [0.2, 0.25) is 0 Å². The summed E-state index contributed by atoms with van der Waals surface area (Å²) in [6.07, 6.45) is 1.87. The number of hydrogen-bond acceptors (Lipinski definition) is 5. The first kappa shape index (κ1) is 15.5. The Morgan fingerprint density at radius 1 is 1.09 bits per heavy atom. The largest absolute Gasteiger partial charge is 0.419 e. The fourth-order valence-corrected chi connectivity index (χ4v) is 2.67. The van der Waals surface area contributed by atoms with Gasteiger partial charge in [0.1, 0.15) is 5.82 Å². The van der Waals surface area contributed by atoms with Crippen LogP contribution in [-0.4, -0.2) is 34.1 Å². The van der Waals surface area contributed by atoms with Gasteiger partial charge >= 0.3 is 6.18 Å². The second kappa shape index (κ2) is 6.39. The van der Waals surface area contributed by atoms with E-state index in [9.17, 15) is 13.2 Å². The van der Waals surface area contributed by atoms with Crippen LogP contribution in [0.15, 0.2) is 36.8 Å². The van der Waals surface area contributed by atoms with E-state index in [1.165, 1.54) is 12.3 Å². The van der Waals surface area contributed by atoms with Crippen molar-refractivity contribution in [3.63, 3.8) is 0 Å². The van der Waals surface area contributed by atoms with Crippen LogP contribution in [-0.2, 0) is 6.18 Å². The van der Waals surface area contributed by atoms with Gasteiger partial charge in [0.25, 0.3) is 0 Å². The van der Waals surface area contributed by atoms with Crippen LogP contribution in [0, 0.1) is 0 Å². The van der Waals surface area contributed by atoms with Crippen molar-refractivity contribution in [3.05, 3.63) is 42.4 Å². The first-order chi connectivity index (χ1) is 11.0. The van der Waals surface area contributed by atoms with E-state index in [1.807, 2.05) is 4.90 Å². The van der Waals surface area contributed by atoms with E-state index in [-0.39, 0.29) is 11.9 Å². The van der Waals surface area contributed by atoms with E-state index in [1.54, 1.807) is 18.5 Å². The van der Waals surface area contributed by atoms with Crippen LogP contribution in [0.25, 0.3) is 0 Å². The van der Waals surface area contributed by atoms with Gasteiger partial charge in [0.15, 0.2) is 0 Å². The lowest BCUT2D eigenvalue weighted by molar-refractivity contribution is -0.137. The van der Waals surface area contributed by atoms with Gasteiger partial charge in [-0.3, -0.25) is 0 Å². The number of piperidine rings is 1. The number of hydrogen-bond donors (Lipinski definition) is 1. The van der Waals surface area contributed by atoms with E-state index in [0.717, 1.165) is 25.5 Å². The number of anilines is 2. The van der Waals surface area contributed by atoms with Gasteiger partial charge in [-0.05, 0) is 31.0 Å². The standard InChI is InChI=1S/C15H16F3N5/c16-15(17,18)12-5-1-6-19-13(12)22-11-4-2-9-23(10-11)14-20-7-3-8-21-14/h1,3,5-8,11H,2,4,9-10H2,(H,19,22)/t11-/m0/s1. The normalized spacial score (nSPS) is 18.7. The minimum absolute atomic E-state index is 0.124. The molecule has 0 saturated carbocycles. The molecular weight excluding hydrogens is 307 g/mol. The number of pyridine rings is 1. The van der Waals surface area contributed by atoms with Gasteiger partial charge < -0.3 is 10.2 Å². The second-order valence-corrected chi connectivity index (χ2v) is 5.38. The average molecular weight is 323 g/mol. The zero-order valence-corrected chi connectivity index (χ0v) is 12.3. The summed E-state index contributed by atoms with van der Waals surface area (Å²) in [4.78, 5) is 14.2. The average Bonchev–Trinajstić information content (AvgIpc) is 2.55. The molecule has 1 N–H and O–H groups in total. The van der Waals surface area contributed by atoms with Crippen LogP contribution in [0.1, 0.15) is 18.4 Å². The molecule has 0 unspecified atom stereocenters. The van der Waals surface area contributed by atoms with Crippen LogP contribution in [0.5, 0.6) is 0 Å². The topological polar surface area (TPSA) is 53.9 Å². The van der Waals surface area contributed by atoms with E-state index in [0.29, 0.717) is 12.5 Å². The molecule has 1 atom stereocenters. The number of nitrogens with zero attached hydrogens (tertiary/aromatic N) is 4. The third kappa shape index (κ3) is 3.69. The van der Waals surface area contributed by atoms with Crippen molar-refractivity contribution in [1.82, 2.24) is 15.0 Å². The molecule has 0 aromatic carbocycles. The Kier molecular flexibility index (Phi) is 4.31. The molecule has 0 bridgehead atoms. The highest BCUT2D eigenvalue weighted by atomic mass is 19.4. The minimum atomic E-state index is -4.42. The minimum Gasteiger partial charge on any atom is -0.365 e. The highest BCUT2D eigenvalue weighted by Crippen LogP contribution is 2.34. The van der Waals surface area contributed by atoms with Gasteiger partial charge in [0, 0.05) is 37.7 Å². The highest BCUT2D eigenvalue weighted by Gasteiger charge is 2.35. The van der Waals surface area contributed by atoms with Gasteiger partial charge in [-0.2, -0.15) is 13.2 Å². The first-order valence-electron chi connectivity index (χ1n) is 7.35. The molecule has 0 amide bonds. The lowest BCUT2D eigenvalue weighted by atomic mass is 10.1. The van der Waals surface area contributed by atoms with Crippen LogP contribution in [0.3, 0.4) is 0 Å². The van der Waals surface area contributed by atoms with Crippen LogP contribution >= 0.6 is 0 Å². The van der Waals surface area contributed by atoms with Crippen LogP contribution in [0.4, 0.5) is 24.9 Å². The van der Waals surface area contributed by atoms with Crippen molar-refractivity contribution in [2.24, 2.45) is 0 Å². The number of alkyl halides is 3. The maximum atomic E-state index is 13.0. The second-order valence-electron chi connectivity index (χ2n) is 5.38. The Morgan fingerprint density at radius 2 is 1.83 bits per heavy atom. The first-order valence-corrected chi connectivity index (χ1v) is 7.35. The molecule has 0 radical (unpaired) electrons. The van der Waals surface area contributed by atoms with E-state index >= 15 is 0 Å². The highest BCUT2D eigenvalue weighted by molar-refractivity contribution is 5.47. The molecule has 2 aromatic rings. The van der Waals surface area contributed by atoms with Gasteiger partial charge in [0.2, 0.25) is 5.95 Å². The number of rotatable bonds is 3. The molecule has 2 aromatic heterocycles. The number of halogens is 3. The number of nitrogens with one attached hydrogen (secondary N) is 1. The van der Waals surface area contributed by atoms with E-state index in [2.05, 4.69) is 20.3 Å². The van der Waals surface area contributed by atoms with Crippen molar-refractivity contribution >= 4 is 11.8 Å². The maximum absolute atomic E-state index is 13.0. The Bertz CT molecular complexity index is 647. The SMILES string of the molecule is FC(F)(F)c1cccnc1N[C@H]1CCCN(c2ncccn2)C1. The van der Waals surface area contributed by atoms with Gasteiger partial charge in [-0.25, -0.2) is 15.0 Å². The molecule has 1 aliphatic rings. The van der Waals surface area contributed by atoms with Gasteiger partial charge in [-0.15, -0.1) is 0 Å². The van der Waals surface area contributed by atoms with Crippen molar-refractivity contribution in [3.8, 4) is 0 Å². The fraction of sp³-hybridized carbons (Fsp3) is 0.400. The molecule has 1 saturated heterocycles. The van der Waals surface area contributed by atoms with E-state index < -0.39 is 11.7 Å². The van der Waals surface area contributed by atoms with Crippen molar-refractivity contribution in [2.45, 2.75) is 25.1 Å². The lowest BCUT2D eigenvalue weighted by Crippen LogP contribution is -2.43. The smallest absolute Gasteiger partial charge is 0.365 e. The third-order valence-electron chi connectivity index (χ3n) is 3.71. The third-order valence-corrected chi connectivity index (χ3v) is 3.71. The van der Waals surface area contributed by atoms with Crippen molar-refractivity contribution in [2.75, 3.05) is 23.3 Å². The molecule has 5 nitrogen and oxygen atoms in total. The molecule has 3 rings (SSSR count). The molecule has 122 valence electrons. The summed E-state index contributed by atoms with van der Waals surface area (Å²) >= 11 is 0. The predicted molar refractivity (Wildman–Crippen MR) is 80.1 cm³/mol. The Morgan fingerprint density at radius 3 is 2.57 bits per heavy atom. The molecule has 1 fully saturated rings. The molecule has 1 aliphatic heterocycles. The monoisotopic (exact) mass is 323 g/mol. The Hall–Kier alpha value is -2.38. The summed E-state index contributed by atoms with van der Waals surface area (Å²) < 4.78 is 39.1. The van der Waals surface area contributed by atoms with Crippen molar-refractivity contribution < 1.29 is 13.2 Å². The van der Waals surface area contributed by atoms with Gasteiger partial charge in [0.05, 0.1) is 5.56 Å². The predicted octanol–water partition coefficient (Wildman–Crippen LogP) is 2.97. The lowest BCUT2D eigenvalue weighted by Gasteiger charge is -2.33. The molecule has 23 heavy (non-hydrogen) atoms. The van der Waals surface area contributed by atoms with Crippen molar-refractivity contribution in [1.29, 1.82) is 0 Å². The summed E-state index contributed by atoms with van der Waals surface area (Å²) in [6.45, 7) is 1.33. The van der Waals surface area contributed by atoms with E-state index in [4.69, 9.17) is 0 Å². The van der Waals surface area contributed by atoms with Gasteiger partial charge in [-0.1, -0.05) is 0 Å². The quantitative estimate of drug-likeness (QED) is 0.941.